The molecule has 2 aliphatic rings. The fourth-order valence-corrected chi connectivity index (χ4v) is 6.04. The third-order valence-corrected chi connectivity index (χ3v) is 8.27. The van der Waals surface area contributed by atoms with Gasteiger partial charge in [0.05, 0.1) is 24.0 Å². The van der Waals surface area contributed by atoms with Crippen LogP contribution in [-0.2, 0) is 11.3 Å². The number of aromatic nitrogens is 6. The predicted octanol–water partition coefficient (Wildman–Crippen LogP) is 4.45. The predicted molar refractivity (Wildman–Crippen MR) is 148 cm³/mol. The first kappa shape index (κ1) is 24.0. The van der Waals surface area contributed by atoms with Gasteiger partial charge in [0.2, 0.25) is 0 Å². The lowest BCUT2D eigenvalue weighted by molar-refractivity contribution is 0.0667. The topological polar surface area (TPSA) is 116 Å². The summed E-state index contributed by atoms with van der Waals surface area (Å²) in [4.78, 5) is 24.3. The molecule has 0 atom stereocenters. The number of hydrogen-bond acceptors (Lipinski definition) is 8. The van der Waals surface area contributed by atoms with Gasteiger partial charge in [-0.15, -0.1) is 11.3 Å². The van der Waals surface area contributed by atoms with Gasteiger partial charge in [-0.25, -0.2) is 14.5 Å². The normalized spacial score (nSPS) is 16.1. The molecule has 1 aromatic carbocycles. The van der Waals surface area contributed by atoms with Crippen molar-refractivity contribution in [1.29, 1.82) is 0 Å². The molecule has 5 aromatic rings. The van der Waals surface area contributed by atoms with Crippen LogP contribution in [-0.4, -0.2) is 59.4 Å². The number of carbonyl (C=O) groups is 1. The van der Waals surface area contributed by atoms with E-state index in [1.54, 1.807) is 17.5 Å². The summed E-state index contributed by atoms with van der Waals surface area (Å²) >= 11 is 1.58. The number of nitrogens with zero attached hydrogens (tertiary/aromatic N) is 7. The maximum absolute atomic E-state index is 13.7. The van der Waals surface area contributed by atoms with Gasteiger partial charge in [-0.1, -0.05) is 12.1 Å². The number of hydrogen-bond donors (Lipinski definition) is 1. The van der Waals surface area contributed by atoms with E-state index in [1.807, 2.05) is 51.3 Å². The second-order valence-electron chi connectivity index (χ2n) is 10.0. The number of amides is 1. The van der Waals surface area contributed by atoms with Crippen LogP contribution >= 0.6 is 11.3 Å². The zero-order chi connectivity index (χ0) is 26.3. The highest BCUT2D eigenvalue weighted by Gasteiger charge is 2.34. The van der Waals surface area contributed by atoms with Crippen LogP contribution in [0.4, 0.5) is 5.82 Å². The minimum absolute atomic E-state index is 0.0161. The molecule has 4 aromatic heterocycles. The summed E-state index contributed by atoms with van der Waals surface area (Å²) in [6.07, 6.45) is 8.93. The Morgan fingerprint density at radius 2 is 1.92 bits per heavy atom. The number of thiazole rings is 1. The number of fused-ring (bicyclic) bond motifs is 1. The average Bonchev–Trinajstić information content (AvgIpc) is 3.33. The van der Waals surface area contributed by atoms with Crippen molar-refractivity contribution in [3.8, 4) is 22.5 Å². The highest BCUT2D eigenvalue weighted by Crippen LogP contribution is 2.37. The van der Waals surface area contributed by atoms with E-state index in [2.05, 4.69) is 30.9 Å². The molecule has 198 valence electrons. The molecule has 11 heteroatoms. The van der Waals surface area contributed by atoms with E-state index >= 15 is 0 Å². The van der Waals surface area contributed by atoms with Gasteiger partial charge in [-0.05, 0) is 49.9 Å². The maximum Gasteiger partial charge on any atom is 0.254 e. The van der Waals surface area contributed by atoms with Crippen LogP contribution < -0.4 is 5.73 Å². The lowest BCUT2D eigenvalue weighted by Gasteiger charge is -2.24. The van der Waals surface area contributed by atoms with Gasteiger partial charge in [0.1, 0.15) is 16.9 Å². The van der Waals surface area contributed by atoms with Gasteiger partial charge in [-0.3, -0.25) is 9.48 Å². The van der Waals surface area contributed by atoms with Crippen molar-refractivity contribution in [3.05, 3.63) is 71.1 Å². The highest BCUT2D eigenvalue weighted by atomic mass is 32.1. The smallest absolute Gasteiger partial charge is 0.254 e. The third kappa shape index (κ3) is 4.47. The van der Waals surface area contributed by atoms with E-state index in [0.29, 0.717) is 17.9 Å². The number of rotatable bonds is 7. The second kappa shape index (κ2) is 9.90. The number of nitrogens with two attached hydrogens (primary N) is 1. The molecule has 0 unspecified atom stereocenters. The number of ether oxygens (including phenoxy) is 1. The van der Waals surface area contributed by atoms with E-state index in [0.717, 1.165) is 71.9 Å². The lowest BCUT2D eigenvalue weighted by Crippen LogP contribution is -2.32. The van der Waals surface area contributed by atoms with Crippen LogP contribution in [0.1, 0.15) is 47.1 Å². The fraction of sp³-hybridized carbons (Fsp3) is 0.321. The van der Waals surface area contributed by atoms with Crippen LogP contribution in [0.15, 0.2) is 60.5 Å². The molecule has 1 amide bonds. The summed E-state index contributed by atoms with van der Waals surface area (Å²) in [5.74, 6) is 0.406. The summed E-state index contributed by atoms with van der Waals surface area (Å²) in [5.41, 5.74) is 11.4. The molecule has 39 heavy (non-hydrogen) atoms. The lowest BCUT2D eigenvalue weighted by atomic mass is 10.1. The van der Waals surface area contributed by atoms with Crippen LogP contribution in [0.2, 0.25) is 0 Å². The van der Waals surface area contributed by atoms with Crippen LogP contribution in [0, 0.1) is 0 Å². The molecule has 1 aliphatic heterocycles. The van der Waals surface area contributed by atoms with Crippen molar-refractivity contribution in [2.45, 2.75) is 44.3 Å². The van der Waals surface area contributed by atoms with Gasteiger partial charge in [0.15, 0.2) is 5.82 Å². The van der Waals surface area contributed by atoms with Gasteiger partial charge >= 0.3 is 0 Å². The summed E-state index contributed by atoms with van der Waals surface area (Å²) in [6.45, 7) is 1.97. The Labute approximate surface area is 229 Å². The van der Waals surface area contributed by atoms with Crippen molar-refractivity contribution < 1.29 is 9.53 Å². The summed E-state index contributed by atoms with van der Waals surface area (Å²) in [7, 11) is 0. The number of nitrogen functional groups attached to an aromatic ring is 1. The molecule has 5 heterocycles. The molecule has 10 nitrogen and oxygen atoms in total. The monoisotopic (exact) mass is 540 g/mol. The zero-order valence-electron chi connectivity index (χ0n) is 21.3. The van der Waals surface area contributed by atoms with Crippen molar-refractivity contribution in [1.82, 2.24) is 34.3 Å². The molecule has 1 aliphatic carbocycles. The molecule has 7 rings (SSSR count). The Bertz CT molecular complexity index is 1630. The first-order valence-electron chi connectivity index (χ1n) is 13.2. The molecule has 0 bridgehead atoms. The minimum Gasteiger partial charge on any atom is -0.382 e. The van der Waals surface area contributed by atoms with Crippen molar-refractivity contribution in [2.75, 3.05) is 18.9 Å². The van der Waals surface area contributed by atoms with Gasteiger partial charge in [0.25, 0.3) is 5.91 Å². The number of benzene rings is 1. The summed E-state index contributed by atoms with van der Waals surface area (Å²) in [6, 6.07) is 12.3. The Morgan fingerprint density at radius 1 is 1.05 bits per heavy atom. The van der Waals surface area contributed by atoms with Crippen LogP contribution in [0.3, 0.4) is 0 Å². The third-order valence-electron chi connectivity index (χ3n) is 7.51. The maximum atomic E-state index is 13.7. The Balaban J connectivity index is 1.29. The Kier molecular flexibility index (Phi) is 6.09. The second-order valence-corrected chi connectivity index (χ2v) is 11.0. The van der Waals surface area contributed by atoms with Crippen LogP contribution in [0.5, 0.6) is 0 Å². The molecular formula is C28H28N8O2S. The number of anilines is 1. The van der Waals surface area contributed by atoms with E-state index in [1.165, 1.54) is 6.33 Å². The average molecular weight is 541 g/mol. The number of carbonyl (C=O) groups excluding carboxylic acids is 1. The molecule has 2 fully saturated rings. The minimum atomic E-state index is 0.0161. The standard InChI is InChI=1S/C28H28N8O2S/c29-27-26-22(23-6-9-32-35(23)21-7-11-38-12-8-21)15-24(36(26)33-17-31-27)18-2-1-3-19(14-18)28(37)34(20-4-5-20)16-25-30-10-13-39-25/h1-3,6,9-10,13-15,17,20-21H,4-5,7-8,11-12,16H2,(H2,29,31,33). The Morgan fingerprint density at radius 3 is 2.72 bits per heavy atom. The summed E-state index contributed by atoms with van der Waals surface area (Å²) < 4.78 is 9.46. The van der Waals surface area contributed by atoms with E-state index in [9.17, 15) is 4.79 Å². The fourth-order valence-electron chi connectivity index (χ4n) is 5.42. The van der Waals surface area contributed by atoms with Gasteiger partial charge < -0.3 is 15.4 Å². The molecular weight excluding hydrogens is 512 g/mol. The highest BCUT2D eigenvalue weighted by molar-refractivity contribution is 7.09. The molecule has 0 radical (unpaired) electrons. The van der Waals surface area contributed by atoms with E-state index in [-0.39, 0.29) is 18.0 Å². The van der Waals surface area contributed by atoms with E-state index < -0.39 is 0 Å². The van der Waals surface area contributed by atoms with Gasteiger partial charge in [0, 0.05) is 53.7 Å². The quantitative estimate of drug-likeness (QED) is 0.324. The van der Waals surface area contributed by atoms with Crippen molar-refractivity contribution in [2.24, 2.45) is 0 Å². The zero-order valence-corrected chi connectivity index (χ0v) is 22.1. The largest absolute Gasteiger partial charge is 0.382 e. The first-order chi connectivity index (χ1) is 19.2. The molecule has 1 saturated carbocycles. The van der Waals surface area contributed by atoms with Crippen molar-refractivity contribution in [3.63, 3.8) is 0 Å². The first-order valence-corrected chi connectivity index (χ1v) is 14.1. The molecule has 1 saturated heterocycles. The molecule has 0 spiro atoms. The molecule has 2 N–H and O–H groups in total. The van der Waals surface area contributed by atoms with E-state index in [4.69, 9.17) is 10.5 Å². The summed E-state index contributed by atoms with van der Waals surface area (Å²) in [5, 5.41) is 12.1. The van der Waals surface area contributed by atoms with Crippen LogP contribution in [0.25, 0.3) is 28.0 Å². The SMILES string of the molecule is Nc1ncnn2c(-c3cccc(C(=O)N(Cc4nccs4)C4CC4)c3)cc(-c3ccnn3C3CCOCC3)c12. The van der Waals surface area contributed by atoms with Gasteiger partial charge in [-0.2, -0.15) is 10.2 Å². The Hall–Kier alpha value is -4.09. The van der Waals surface area contributed by atoms with Crippen molar-refractivity contribution >= 4 is 28.6 Å².